The lowest BCUT2D eigenvalue weighted by atomic mass is 10.2. The maximum absolute atomic E-state index is 6.28. The summed E-state index contributed by atoms with van der Waals surface area (Å²) in [7, 11) is 0. The van der Waals surface area contributed by atoms with Gasteiger partial charge in [-0.2, -0.15) is 0 Å². The maximum Gasteiger partial charge on any atom is 0.201 e. The normalized spacial score (nSPS) is 10.8. The van der Waals surface area contributed by atoms with Gasteiger partial charge in [0.05, 0.1) is 17.6 Å². The van der Waals surface area contributed by atoms with E-state index >= 15 is 0 Å². The van der Waals surface area contributed by atoms with Crippen molar-refractivity contribution in [1.29, 1.82) is 0 Å². The largest absolute Gasteiger partial charge is 0.369 e. The summed E-state index contributed by atoms with van der Waals surface area (Å²) in [4.78, 5) is 8.80. The molecule has 0 aliphatic rings. The van der Waals surface area contributed by atoms with Crippen molar-refractivity contribution in [1.82, 2.24) is 14.5 Å². The number of nitrogens with two attached hydrogens (primary N) is 1. The first-order chi connectivity index (χ1) is 10.7. The summed E-state index contributed by atoms with van der Waals surface area (Å²) in [6.07, 6.45) is 0. The van der Waals surface area contributed by atoms with E-state index in [4.69, 9.17) is 17.3 Å². The van der Waals surface area contributed by atoms with Crippen LogP contribution < -0.4 is 5.73 Å². The minimum atomic E-state index is 0. The number of benzene rings is 2. The number of pyridine rings is 1. The molecule has 0 amide bonds. The van der Waals surface area contributed by atoms with Crippen LogP contribution in [-0.2, 0) is 6.54 Å². The van der Waals surface area contributed by atoms with Crippen LogP contribution in [-0.4, -0.2) is 14.5 Å². The van der Waals surface area contributed by atoms with Crippen LogP contribution >= 0.6 is 28.6 Å². The fraction of sp³-hybridized carbons (Fsp3) is 0.0588. The predicted octanol–water partition coefficient (Wildman–Crippen LogP) is 4.45. The Balaban J connectivity index is 0.00000156. The molecule has 0 spiro atoms. The van der Waals surface area contributed by atoms with Crippen LogP contribution in [0.5, 0.6) is 0 Å². The van der Waals surface area contributed by atoms with E-state index in [0.29, 0.717) is 23.2 Å². The number of anilines is 1. The topological polar surface area (TPSA) is 56.7 Å². The van der Waals surface area contributed by atoms with Crippen molar-refractivity contribution >= 4 is 56.5 Å². The Kier molecular flexibility index (Phi) is 4.24. The zero-order valence-corrected chi connectivity index (χ0v) is 14.6. The van der Waals surface area contributed by atoms with Crippen molar-refractivity contribution in [2.45, 2.75) is 6.54 Å². The van der Waals surface area contributed by atoms with Crippen LogP contribution in [0.4, 0.5) is 5.95 Å². The van der Waals surface area contributed by atoms with Gasteiger partial charge in [-0.05, 0) is 11.6 Å². The molecule has 0 atom stereocenters. The Bertz CT molecular complexity index is 982. The average molecular weight is 390 g/mol. The van der Waals surface area contributed by atoms with Crippen LogP contribution in [0.2, 0.25) is 5.15 Å². The number of fused-ring (bicyclic) bond motifs is 3. The van der Waals surface area contributed by atoms with Crippen molar-refractivity contribution in [3.8, 4) is 0 Å². The molecule has 2 N–H and O–H groups in total. The van der Waals surface area contributed by atoms with Crippen LogP contribution in [0.1, 0.15) is 5.56 Å². The van der Waals surface area contributed by atoms with Gasteiger partial charge in [0.2, 0.25) is 5.95 Å². The second-order valence-electron chi connectivity index (χ2n) is 5.16. The molecule has 4 nitrogen and oxygen atoms in total. The first-order valence-corrected chi connectivity index (χ1v) is 7.36. The van der Waals surface area contributed by atoms with E-state index < -0.39 is 0 Å². The monoisotopic (exact) mass is 388 g/mol. The van der Waals surface area contributed by atoms with Crippen LogP contribution in [0.15, 0.2) is 54.6 Å². The molecule has 23 heavy (non-hydrogen) atoms. The number of hydrogen-bond acceptors (Lipinski definition) is 3. The molecule has 2 heterocycles. The maximum atomic E-state index is 6.28. The number of imidazole rings is 1. The van der Waals surface area contributed by atoms with E-state index in [1.807, 2.05) is 47.0 Å². The van der Waals surface area contributed by atoms with Crippen LogP contribution in [0.3, 0.4) is 0 Å². The van der Waals surface area contributed by atoms with Crippen LogP contribution in [0.25, 0.3) is 21.9 Å². The second kappa shape index (κ2) is 6.18. The van der Waals surface area contributed by atoms with E-state index in [0.717, 1.165) is 22.0 Å². The summed E-state index contributed by atoms with van der Waals surface area (Å²) in [5.74, 6) is 0.443. The molecule has 2 aromatic carbocycles. The van der Waals surface area contributed by atoms with E-state index in [1.165, 1.54) is 0 Å². The third-order valence-electron chi connectivity index (χ3n) is 3.75. The lowest BCUT2D eigenvalue weighted by Crippen LogP contribution is -2.04. The molecule has 116 valence electrons. The van der Waals surface area contributed by atoms with Gasteiger partial charge in [0, 0.05) is 5.39 Å². The molecule has 4 rings (SSSR count). The van der Waals surface area contributed by atoms with Crippen molar-refractivity contribution < 1.29 is 0 Å². The summed E-state index contributed by atoms with van der Waals surface area (Å²) < 4.78 is 1.99. The fourth-order valence-electron chi connectivity index (χ4n) is 2.74. The minimum Gasteiger partial charge on any atom is -0.369 e. The summed E-state index contributed by atoms with van der Waals surface area (Å²) >= 11 is 6.28. The van der Waals surface area contributed by atoms with Gasteiger partial charge in [0.25, 0.3) is 0 Å². The van der Waals surface area contributed by atoms with Crippen molar-refractivity contribution in [3.63, 3.8) is 0 Å². The van der Waals surface area contributed by atoms with Gasteiger partial charge in [-0.1, -0.05) is 60.1 Å². The number of rotatable bonds is 2. The van der Waals surface area contributed by atoms with Gasteiger partial charge in [0.15, 0.2) is 5.15 Å². The lowest BCUT2D eigenvalue weighted by molar-refractivity contribution is 0.840. The molecule has 0 saturated carbocycles. The Hall–Kier alpha value is -2.11. The van der Waals surface area contributed by atoms with E-state index in [9.17, 15) is 0 Å². The zero-order chi connectivity index (χ0) is 15.1. The van der Waals surface area contributed by atoms with Gasteiger partial charge in [-0.15, -0.1) is 17.0 Å². The van der Waals surface area contributed by atoms with Crippen molar-refractivity contribution in [2.24, 2.45) is 0 Å². The van der Waals surface area contributed by atoms with Crippen LogP contribution in [0, 0.1) is 0 Å². The van der Waals surface area contributed by atoms with Gasteiger partial charge in [-0.3, -0.25) is 0 Å². The van der Waals surface area contributed by atoms with Gasteiger partial charge in [0.1, 0.15) is 5.52 Å². The van der Waals surface area contributed by atoms with Gasteiger partial charge >= 0.3 is 0 Å². The molecule has 0 fully saturated rings. The predicted molar refractivity (Wildman–Crippen MR) is 100 cm³/mol. The molecular formula is C17H14BrClN4. The van der Waals surface area contributed by atoms with E-state index in [1.54, 1.807) is 0 Å². The highest BCUT2D eigenvalue weighted by Crippen LogP contribution is 2.31. The lowest BCUT2D eigenvalue weighted by Gasteiger charge is -2.08. The number of halogens is 2. The molecule has 0 unspecified atom stereocenters. The molecule has 4 aromatic rings. The van der Waals surface area contributed by atoms with Crippen molar-refractivity contribution in [2.75, 3.05) is 5.73 Å². The number of nitrogen functional groups attached to an aromatic ring is 1. The number of aromatic nitrogens is 3. The SMILES string of the molecule is Br.Nc1nc2c(Cl)nc3ccccc3c2n1Cc1ccccc1. The highest BCUT2D eigenvalue weighted by Gasteiger charge is 2.16. The zero-order valence-electron chi connectivity index (χ0n) is 12.1. The quantitative estimate of drug-likeness (QED) is 0.515. The molecule has 0 bridgehead atoms. The molecular weight excluding hydrogens is 376 g/mol. The third kappa shape index (κ3) is 2.66. The number of hydrogen-bond donors (Lipinski definition) is 1. The van der Waals surface area contributed by atoms with E-state index in [-0.39, 0.29) is 17.0 Å². The smallest absolute Gasteiger partial charge is 0.201 e. The van der Waals surface area contributed by atoms with E-state index in [2.05, 4.69) is 22.1 Å². The first kappa shape index (κ1) is 15.8. The molecule has 0 saturated heterocycles. The number of para-hydroxylation sites is 1. The summed E-state index contributed by atoms with van der Waals surface area (Å²) in [5, 5.41) is 1.38. The average Bonchev–Trinajstić information content (AvgIpc) is 2.86. The third-order valence-corrected chi connectivity index (χ3v) is 4.02. The fourth-order valence-corrected chi connectivity index (χ4v) is 2.97. The molecule has 6 heteroatoms. The highest BCUT2D eigenvalue weighted by molar-refractivity contribution is 8.93. The standard InChI is InChI=1S/C17H13ClN4.BrH/c18-16-14-15(12-8-4-5-9-13(12)20-16)22(17(19)21-14)10-11-6-2-1-3-7-11;/h1-9H,10H2,(H2,19,21);1H. The minimum absolute atomic E-state index is 0. The Labute approximate surface area is 148 Å². The number of nitrogens with zero attached hydrogens (tertiary/aromatic N) is 3. The molecule has 0 aliphatic heterocycles. The van der Waals surface area contributed by atoms with Gasteiger partial charge in [-0.25, -0.2) is 9.97 Å². The second-order valence-corrected chi connectivity index (χ2v) is 5.52. The van der Waals surface area contributed by atoms with Gasteiger partial charge < -0.3 is 10.3 Å². The van der Waals surface area contributed by atoms with Crippen molar-refractivity contribution in [3.05, 3.63) is 65.3 Å². The first-order valence-electron chi connectivity index (χ1n) is 6.98. The summed E-state index contributed by atoms with van der Waals surface area (Å²) in [6, 6.07) is 18.0. The highest BCUT2D eigenvalue weighted by atomic mass is 79.9. The molecule has 0 radical (unpaired) electrons. The molecule has 0 aliphatic carbocycles. The Morgan fingerprint density at radius 3 is 2.43 bits per heavy atom. The summed E-state index contributed by atoms with van der Waals surface area (Å²) in [6.45, 7) is 0.646. The Morgan fingerprint density at radius 2 is 1.65 bits per heavy atom. The Morgan fingerprint density at radius 1 is 0.957 bits per heavy atom. The molecule has 2 aromatic heterocycles. The summed E-state index contributed by atoms with van der Waals surface area (Å²) in [5.41, 5.74) is 9.70.